The van der Waals surface area contributed by atoms with E-state index in [1.165, 1.54) is 11.3 Å². The van der Waals surface area contributed by atoms with E-state index in [0.717, 1.165) is 10.1 Å². The van der Waals surface area contributed by atoms with Crippen LogP contribution in [0.5, 0.6) is 0 Å². The van der Waals surface area contributed by atoms with Gasteiger partial charge in [0.05, 0.1) is 32.1 Å². The second kappa shape index (κ2) is 9.70. The summed E-state index contributed by atoms with van der Waals surface area (Å²) >= 11 is 1.31. The molecule has 3 aromatic rings. The molecule has 0 bridgehead atoms. The Kier molecular flexibility index (Phi) is 6.73. The third kappa shape index (κ3) is 3.99. The van der Waals surface area contributed by atoms with E-state index in [1.54, 1.807) is 37.4 Å². The fraction of sp³-hybridized carbons (Fsp3) is 0.292. The molecule has 0 atom stereocenters. The molecule has 0 aliphatic heterocycles. The van der Waals surface area contributed by atoms with Crippen molar-refractivity contribution in [3.8, 4) is 0 Å². The molecule has 8 nitrogen and oxygen atoms in total. The van der Waals surface area contributed by atoms with Gasteiger partial charge >= 0.3 is 0 Å². The highest BCUT2D eigenvalue weighted by molar-refractivity contribution is 7.21. The lowest BCUT2D eigenvalue weighted by Crippen LogP contribution is -2.27. The van der Waals surface area contributed by atoms with Gasteiger partial charge in [0.2, 0.25) is 0 Å². The van der Waals surface area contributed by atoms with Crippen molar-refractivity contribution < 1.29 is 14.4 Å². The molecule has 33 heavy (non-hydrogen) atoms. The van der Waals surface area contributed by atoms with E-state index in [-0.39, 0.29) is 17.5 Å². The third-order valence-corrected chi connectivity index (χ3v) is 6.80. The highest BCUT2D eigenvalue weighted by Gasteiger charge is 2.36. The topological polar surface area (TPSA) is 111 Å². The fourth-order valence-corrected chi connectivity index (χ4v) is 5.21. The molecule has 0 saturated carbocycles. The van der Waals surface area contributed by atoms with Crippen LogP contribution in [-0.4, -0.2) is 64.8 Å². The number of amides is 1. The van der Waals surface area contributed by atoms with Crippen molar-refractivity contribution in [3.63, 3.8) is 0 Å². The predicted molar refractivity (Wildman–Crippen MR) is 133 cm³/mol. The standard InChI is InChI=1S/C24H27N5O3S/c1-25-8-10-28-19-15-12-16(24(32)27-3)33-23(15)20(29-11-9-26-2)18-17(19)21(30)13-6-4-5-7-14(13)22(18)31/h4-7,12,25-26,28-29H,8-11H2,1-3H3,(H,27,32). The number of carbonyl (C=O) groups is 3. The Balaban J connectivity index is 2.04. The van der Waals surface area contributed by atoms with Crippen LogP contribution in [-0.2, 0) is 0 Å². The molecule has 1 aromatic heterocycles. The molecule has 1 heterocycles. The smallest absolute Gasteiger partial charge is 0.261 e. The number of rotatable bonds is 9. The van der Waals surface area contributed by atoms with Crippen LogP contribution in [0.15, 0.2) is 30.3 Å². The quantitative estimate of drug-likeness (QED) is 0.191. The Labute approximate surface area is 196 Å². The maximum atomic E-state index is 13.7. The van der Waals surface area contributed by atoms with E-state index in [4.69, 9.17) is 0 Å². The van der Waals surface area contributed by atoms with Gasteiger partial charge < -0.3 is 26.6 Å². The number of ketones is 2. The number of benzene rings is 2. The molecule has 5 N–H and O–H groups in total. The molecule has 2 aromatic carbocycles. The number of thiophene rings is 1. The van der Waals surface area contributed by atoms with Crippen LogP contribution in [0.2, 0.25) is 0 Å². The summed E-state index contributed by atoms with van der Waals surface area (Å²) in [5.41, 5.74) is 2.70. The van der Waals surface area contributed by atoms with E-state index in [2.05, 4.69) is 26.6 Å². The SMILES string of the molecule is CNCCNc1c2c(c(NCCNC)c3sc(C(=O)NC)cc13)C(=O)c1ccccc1C2=O. The van der Waals surface area contributed by atoms with E-state index < -0.39 is 0 Å². The maximum absolute atomic E-state index is 13.7. The number of carbonyl (C=O) groups excluding carboxylic acids is 3. The molecule has 4 rings (SSSR count). The summed E-state index contributed by atoms with van der Waals surface area (Å²) in [5.74, 6) is -0.600. The zero-order valence-corrected chi connectivity index (χ0v) is 19.7. The first-order valence-electron chi connectivity index (χ1n) is 10.8. The van der Waals surface area contributed by atoms with Gasteiger partial charge in [0.25, 0.3) is 5.91 Å². The number of fused-ring (bicyclic) bond motifs is 3. The minimum Gasteiger partial charge on any atom is -0.383 e. The molecule has 172 valence electrons. The second-order valence-corrected chi connectivity index (χ2v) is 8.75. The third-order valence-electron chi connectivity index (χ3n) is 5.65. The molecule has 1 amide bonds. The van der Waals surface area contributed by atoms with Gasteiger partial charge in [0.15, 0.2) is 11.6 Å². The van der Waals surface area contributed by atoms with Crippen LogP contribution in [0, 0.1) is 0 Å². The van der Waals surface area contributed by atoms with Gasteiger partial charge in [-0.1, -0.05) is 24.3 Å². The van der Waals surface area contributed by atoms with Crippen molar-refractivity contribution in [1.29, 1.82) is 0 Å². The van der Waals surface area contributed by atoms with Gasteiger partial charge in [-0.3, -0.25) is 14.4 Å². The molecular weight excluding hydrogens is 438 g/mol. The summed E-state index contributed by atoms with van der Waals surface area (Å²) in [5, 5.41) is 16.3. The van der Waals surface area contributed by atoms with Gasteiger partial charge in [-0.15, -0.1) is 11.3 Å². The maximum Gasteiger partial charge on any atom is 0.261 e. The van der Waals surface area contributed by atoms with Crippen LogP contribution < -0.4 is 26.6 Å². The van der Waals surface area contributed by atoms with E-state index >= 15 is 0 Å². The summed E-state index contributed by atoms with van der Waals surface area (Å²) < 4.78 is 0.774. The summed E-state index contributed by atoms with van der Waals surface area (Å²) in [4.78, 5) is 40.4. The molecule has 9 heteroatoms. The van der Waals surface area contributed by atoms with Crippen LogP contribution in [0.4, 0.5) is 11.4 Å². The number of hydrogen-bond acceptors (Lipinski definition) is 8. The Morgan fingerprint density at radius 1 is 0.818 bits per heavy atom. The molecule has 0 radical (unpaired) electrons. The van der Waals surface area contributed by atoms with E-state index in [9.17, 15) is 14.4 Å². The molecule has 0 spiro atoms. The fourth-order valence-electron chi connectivity index (χ4n) is 4.08. The largest absolute Gasteiger partial charge is 0.383 e. The highest BCUT2D eigenvalue weighted by atomic mass is 32.1. The Morgan fingerprint density at radius 3 is 1.91 bits per heavy atom. The predicted octanol–water partition coefficient (Wildman–Crippen LogP) is 2.30. The summed E-state index contributed by atoms with van der Waals surface area (Å²) in [7, 11) is 5.28. The highest BCUT2D eigenvalue weighted by Crippen LogP contribution is 2.46. The molecule has 0 fully saturated rings. The van der Waals surface area contributed by atoms with Gasteiger partial charge in [-0.25, -0.2) is 0 Å². The Morgan fingerprint density at radius 2 is 1.36 bits per heavy atom. The van der Waals surface area contributed by atoms with Crippen LogP contribution in [0.1, 0.15) is 41.5 Å². The minimum absolute atomic E-state index is 0.194. The number of hydrogen-bond donors (Lipinski definition) is 5. The summed E-state index contributed by atoms with van der Waals surface area (Å²) in [6.45, 7) is 2.45. The molecular formula is C24H27N5O3S. The van der Waals surface area contributed by atoms with Crippen molar-refractivity contribution >= 4 is 50.3 Å². The van der Waals surface area contributed by atoms with Gasteiger partial charge in [0.1, 0.15) is 0 Å². The second-order valence-electron chi connectivity index (χ2n) is 7.70. The zero-order valence-electron chi connectivity index (χ0n) is 18.8. The average molecular weight is 466 g/mol. The van der Waals surface area contributed by atoms with Crippen molar-refractivity contribution in [2.45, 2.75) is 0 Å². The molecule has 0 unspecified atom stereocenters. The lowest BCUT2D eigenvalue weighted by molar-refractivity contribution is 0.0966. The minimum atomic E-state index is -0.211. The number of likely N-dealkylation sites (N-methyl/N-ethyl adjacent to an activating group) is 2. The Bertz CT molecular complexity index is 1160. The van der Waals surface area contributed by atoms with Gasteiger partial charge in [-0.2, -0.15) is 0 Å². The first kappa shape index (κ1) is 22.9. The van der Waals surface area contributed by atoms with Crippen molar-refractivity contribution in [2.75, 3.05) is 58.0 Å². The average Bonchev–Trinajstić information content (AvgIpc) is 3.28. The van der Waals surface area contributed by atoms with Crippen molar-refractivity contribution in [2.24, 2.45) is 0 Å². The zero-order chi connectivity index (χ0) is 23.5. The van der Waals surface area contributed by atoms with Crippen molar-refractivity contribution in [1.82, 2.24) is 16.0 Å². The van der Waals surface area contributed by atoms with E-state index in [1.807, 2.05) is 14.1 Å². The first-order chi connectivity index (χ1) is 16.0. The van der Waals surface area contributed by atoms with Crippen molar-refractivity contribution in [3.05, 3.63) is 57.5 Å². The molecule has 1 aliphatic carbocycles. The summed E-state index contributed by atoms with van der Waals surface area (Å²) in [6, 6.07) is 8.71. The first-order valence-corrected chi connectivity index (χ1v) is 11.7. The van der Waals surface area contributed by atoms with Gasteiger partial charge in [0, 0.05) is 49.7 Å². The molecule has 0 saturated heterocycles. The van der Waals surface area contributed by atoms with Crippen LogP contribution in [0.25, 0.3) is 10.1 Å². The Hall–Kier alpha value is -3.27. The normalized spacial score (nSPS) is 12.5. The number of nitrogens with one attached hydrogen (secondary N) is 5. The van der Waals surface area contributed by atoms with E-state index in [0.29, 0.717) is 64.7 Å². The number of anilines is 2. The lowest BCUT2D eigenvalue weighted by Gasteiger charge is -2.25. The lowest BCUT2D eigenvalue weighted by atomic mass is 9.81. The van der Waals surface area contributed by atoms with Gasteiger partial charge in [-0.05, 0) is 20.2 Å². The monoisotopic (exact) mass is 465 g/mol. The van der Waals surface area contributed by atoms with Crippen LogP contribution >= 0.6 is 11.3 Å². The molecule has 1 aliphatic rings. The van der Waals surface area contributed by atoms with Crippen LogP contribution in [0.3, 0.4) is 0 Å². The summed E-state index contributed by atoms with van der Waals surface area (Å²) in [6.07, 6.45) is 0.